The van der Waals surface area contributed by atoms with E-state index in [1.165, 1.54) is 11.3 Å². The van der Waals surface area contributed by atoms with Crippen LogP contribution in [0.4, 0.5) is 6.01 Å². The van der Waals surface area contributed by atoms with E-state index in [0.717, 1.165) is 4.88 Å². The second kappa shape index (κ2) is 5.05. The highest BCUT2D eigenvalue weighted by Gasteiger charge is 2.12. The molecule has 0 unspecified atom stereocenters. The summed E-state index contributed by atoms with van der Waals surface area (Å²) in [4.78, 5) is 20.4. The van der Waals surface area contributed by atoms with E-state index in [2.05, 4.69) is 20.4 Å². The molecule has 2 aromatic rings. The number of hydrogen-bond acceptors (Lipinski definition) is 6. The van der Waals surface area contributed by atoms with Crippen molar-refractivity contribution in [2.45, 2.75) is 26.2 Å². The third kappa shape index (κ3) is 3.10. The number of amides is 1. The lowest BCUT2D eigenvalue weighted by molar-refractivity contribution is -0.115. The average molecular weight is 252 g/mol. The van der Waals surface area contributed by atoms with Crippen LogP contribution in [0.5, 0.6) is 0 Å². The van der Waals surface area contributed by atoms with Gasteiger partial charge in [0.25, 0.3) is 0 Å². The highest BCUT2D eigenvalue weighted by atomic mass is 32.1. The van der Waals surface area contributed by atoms with E-state index >= 15 is 0 Å². The Morgan fingerprint density at radius 2 is 2.41 bits per heavy atom. The first-order valence-corrected chi connectivity index (χ1v) is 6.04. The molecule has 0 saturated carbocycles. The smallest absolute Gasteiger partial charge is 0.315 e. The summed E-state index contributed by atoms with van der Waals surface area (Å²) in [6.07, 6.45) is 1.93. The second-order valence-corrected chi connectivity index (χ2v) is 4.78. The predicted octanol–water partition coefficient (Wildman–Crippen LogP) is 1.83. The van der Waals surface area contributed by atoms with E-state index in [1.54, 1.807) is 11.7 Å². The van der Waals surface area contributed by atoms with Crippen LogP contribution in [0.3, 0.4) is 0 Å². The molecule has 2 rings (SSSR count). The maximum atomic E-state index is 11.6. The van der Waals surface area contributed by atoms with E-state index in [4.69, 9.17) is 4.52 Å². The van der Waals surface area contributed by atoms with Gasteiger partial charge in [-0.25, -0.2) is 0 Å². The number of nitrogens with zero attached hydrogens (tertiary/aromatic N) is 3. The molecule has 0 fully saturated rings. The number of nitrogens with one attached hydrogen (secondary N) is 1. The molecule has 17 heavy (non-hydrogen) atoms. The van der Waals surface area contributed by atoms with Gasteiger partial charge in [-0.3, -0.25) is 15.1 Å². The number of carbonyl (C=O) groups excluding carboxylic acids is 1. The Bertz CT molecular complexity index is 492. The lowest BCUT2D eigenvalue weighted by atomic mass is 10.2. The monoisotopic (exact) mass is 252 g/mol. The number of anilines is 1. The lowest BCUT2D eigenvalue weighted by Gasteiger charge is -1.97. The maximum Gasteiger partial charge on any atom is 0.328 e. The fourth-order valence-corrected chi connectivity index (χ4v) is 1.76. The van der Waals surface area contributed by atoms with Crippen molar-refractivity contribution in [3.63, 3.8) is 0 Å². The van der Waals surface area contributed by atoms with Gasteiger partial charge < -0.3 is 4.52 Å². The molecule has 90 valence electrons. The minimum Gasteiger partial charge on any atom is -0.315 e. The zero-order valence-electron chi connectivity index (χ0n) is 9.51. The van der Waals surface area contributed by atoms with Gasteiger partial charge in [-0.1, -0.05) is 19.0 Å². The van der Waals surface area contributed by atoms with Crippen molar-refractivity contribution in [1.29, 1.82) is 0 Å². The molecule has 1 N–H and O–H groups in total. The third-order valence-electron chi connectivity index (χ3n) is 2.02. The molecule has 0 bridgehead atoms. The number of carbonyl (C=O) groups is 1. The van der Waals surface area contributed by atoms with Crippen molar-refractivity contribution in [3.05, 3.63) is 22.4 Å². The van der Waals surface area contributed by atoms with Crippen molar-refractivity contribution < 1.29 is 9.32 Å². The van der Waals surface area contributed by atoms with E-state index in [1.807, 2.05) is 13.8 Å². The fourth-order valence-electron chi connectivity index (χ4n) is 1.17. The number of thiazole rings is 1. The van der Waals surface area contributed by atoms with E-state index in [9.17, 15) is 4.79 Å². The van der Waals surface area contributed by atoms with E-state index < -0.39 is 0 Å². The maximum absolute atomic E-state index is 11.6. The lowest BCUT2D eigenvalue weighted by Crippen LogP contribution is -2.14. The van der Waals surface area contributed by atoms with Crippen molar-refractivity contribution in [2.24, 2.45) is 0 Å². The molecule has 0 aliphatic rings. The molecular weight excluding hydrogens is 240 g/mol. The first-order valence-electron chi connectivity index (χ1n) is 5.16. The van der Waals surface area contributed by atoms with Gasteiger partial charge in [-0.2, -0.15) is 4.98 Å². The quantitative estimate of drug-likeness (QED) is 0.897. The van der Waals surface area contributed by atoms with Crippen LogP contribution in [0.15, 0.2) is 16.2 Å². The SMILES string of the molecule is CC(C)c1noc(NC(=O)Cc2cncs2)n1. The van der Waals surface area contributed by atoms with Crippen molar-refractivity contribution in [2.75, 3.05) is 5.32 Å². The van der Waals surface area contributed by atoms with Gasteiger partial charge in [0.2, 0.25) is 5.91 Å². The summed E-state index contributed by atoms with van der Waals surface area (Å²) in [5, 5.41) is 6.31. The van der Waals surface area contributed by atoms with Crippen LogP contribution in [0.25, 0.3) is 0 Å². The van der Waals surface area contributed by atoms with Crippen LogP contribution < -0.4 is 5.32 Å². The summed E-state index contributed by atoms with van der Waals surface area (Å²) >= 11 is 1.43. The molecule has 0 saturated heterocycles. The second-order valence-electron chi connectivity index (χ2n) is 3.81. The number of aromatic nitrogens is 3. The van der Waals surface area contributed by atoms with Gasteiger partial charge in [0, 0.05) is 17.0 Å². The standard InChI is InChI=1S/C10H12N4O2S/c1-6(2)9-13-10(16-14-9)12-8(15)3-7-4-11-5-17-7/h4-6H,3H2,1-2H3,(H,12,13,14,15). The molecule has 0 aromatic carbocycles. The van der Waals surface area contributed by atoms with Crippen LogP contribution in [0, 0.1) is 0 Å². The minimum absolute atomic E-state index is 0.142. The largest absolute Gasteiger partial charge is 0.328 e. The summed E-state index contributed by atoms with van der Waals surface area (Å²) in [5.74, 6) is 0.567. The Morgan fingerprint density at radius 1 is 1.59 bits per heavy atom. The summed E-state index contributed by atoms with van der Waals surface area (Å²) < 4.78 is 4.91. The van der Waals surface area contributed by atoms with Crippen LogP contribution in [-0.4, -0.2) is 21.0 Å². The minimum atomic E-state index is -0.187. The number of hydrogen-bond donors (Lipinski definition) is 1. The van der Waals surface area contributed by atoms with Crippen molar-refractivity contribution in [1.82, 2.24) is 15.1 Å². The molecular formula is C10H12N4O2S. The first-order chi connectivity index (χ1) is 8.15. The van der Waals surface area contributed by atoms with Gasteiger partial charge in [-0.15, -0.1) is 11.3 Å². The Labute approximate surface area is 102 Å². The predicted molar refractivity (Wildman–Crippen MR) is 62.8 cm³/mol. The van der Waals surface area contributed by atoms with Gasteiger partial charge >= 0.3 is 6.01 Å². The highest BCUT2D eigenvalue weighted by molar-refractivity contribution is 7.09. The zero-order valence-corrected chi connectivity index (χ0v) is 10.3. The zero-order chi connectivity index (χ0) is 12.3. The van der Waals surface area contributed by atoms with Crippen LogP contribution in [0.1, 0.15) is 30.5 Å². The van der Waals surface area contributed by atoms with Gasteiger partial charge in [0.05, 0.1) is 11.9 Å². The number of rotatable bonds is 4. The molecule has 0 aliphatic heterocycles. The summed E-state index contributed by atoms with van der Waals surface area (Å²) in [6.45, 7) is 3.90. The highest BCUT2D eigenvalue weighted by Crippen LogP contribution is 2.13. The molecule has 0 atom stereocenters. The molecule has 2 aromatic heterocycles. The Morgan fingerprint density at radius 3 is 3.00 bits per heavy atom. The Kier molecular flexibility index (Phi) is 3.48. The third-order valence-corrected chi connectivity index (χ3v) is 2.80. The Hall–Kier alpha value is -1.76. The van der Waals surface area contributed by atoms with Gasteiger partial charge in [-0.05, 0) is 0 Å². The van der Waals surface area contributed by atoms with Gasteiger partial charge in [0.15, 0.2) is 5.82 Å². The average Bonchev–Trinajstić information content (AvgIpc) is 2.88. The molecule has 0 aliphatic carbocycles. The molecule has 1 amide bonds. The van der Waals surface area contributed by atoms with E-state index in [0.29, 0.717) is 5.82 Å². The molecule has 2 heterocycles. The molecule has 0 radical (unpaired) electrons. The molecule has 7 heteroatoms. The van der Waals surface area contributed by atoms with Crippen LogP contribution in [0.2, 0.25) is 0 Å². The fraction of sp³-hybridized carbons (Fsp3) is 0.400. The Balaban J connectivity index is 1.93. The van der Waals surface area contributed by atoms with Crippen molar-refractivity contribution >= 4 is 23.3 Å². The summed E-state index contributed by atoms with van der Waals surface area (Å²) in [7, 11) is 0. The summed E-state index contributed by atoms with van der Waals surface area (Å²) in [5.41, 5.74) is 1.69. The van der Waals surface area contributed by atoms with Crippen molar-refractivity contribution in [3.8, 4) is 0 Å². The summed E-state index contributed by atoms with van der Waals surface area (Å²) in [6, 6.07) is 0.142. The first kappa shape index (κ1) is 11.7. The topological polar surface area (TPSA) is 80.9 Å². The normalized spacial score (nSPS) is 10.8. The van der Waals surface area contributed by atoms with Crippen LogP contribution >= 0.6 is 11.3 Å². The molecule has 0 spiro atoms. The van der Waals surface area contributed by atoms with E-state index in [-0.39, 0.29) is 24.3 Å². The van der Waals surface area contributed by atoms with Gasteiger partial charge in [0.1, 0.15) is 0 Å². The van der Waals surface area contributed by atoms with Crippen LogP contribution in [-0.2, 0) is 11.2 Å². The molecule has 6 nitrogen and oxygen atoms in total.